The molecule has 3 rings (SSSR count). The van der Waals surface area contributed by atoms with Crippen molar-refractivity contribution in [3.8, 4) is 5.75 Å². The normalized spacial score (nSPS) is 11.4. The number of para-hydroxylation sites is 1. The standard InChI is InChI=1S/C21H21F3N4O2S/c1-13-8-9-14(2)17(10-13)30-11-18-26-27-20(28(18)3)31-12-19(29)25-16-7-5-4-6-15(16)21(22,23)24/h4-10H,11-12H2,1-3H3,(H,25,29). The SMILES string of the molecule is Cc1ccc(C)c(OCc2nnc(SCC(=O)Nc3ccccc3C(F)(F)F)n2C)c1. The van der Waals surface area contributed by atoms with E-state index in [0.717, 1.165) is 34.7 Å². The second-order valence-electron chi connectivity index (χ2n) is 6.90. The van der Waals surface area contributed by atoms with Gasteiger partial charge in [-0.3, -0.25) is 4.79 Å². The minimum Gasteiger partial charge on any atom is -0.485 e. The molecule has 31 heavy (non-hydrogen) atoms. The van der Waals surface area contributed by atoms with E-state index < -0.39 is 17.6 Å². The highest BCUT2D eigenvalue weighted by Gasteiger charge is 2.33. The molecule has 0 aliphatic rings. The van der Waals surface area contributed by atoms with Crippen molar-refractivity contribution in [2.45, 2.75) is 31.8 Å². The summed E-state index contributed by atoms with van der Waals surface area (Å²) in [5.41, 5.74) is 0.908. The Labute approximate surface area is 181 Å². The number of thioether (sulfide) groups is 1. The number of nitrogens with one attached hydrogen (secondary N) is 1. The van der Waals surface area contributed by atoms with Crippen molar-refractivity contribution in [3.63, 3.8) is 0 Å². The summed E-state index contributed by atoms with van der Waals surface area (Å²) in [6.07, 6.45) is -4.55. The summed E-state index contributed by atoms with van der Waals surface area (Å²) in [6.45, 7) is 4.11. The van der Waals surface area contributed by atoms with Gasteiger partial charge in [-0.2, -0.15) is 13.2 Å². The zero-order valence-electron chi connectivity index (χ0n) is 17.2. The first kappa shape index (κ1) is 22.7. The van der Waals surface area contributed by atoms with Crippen LogP contribution >= 0.6 is 11.8 Å². The van der Waals surface area contributed by atoms with Crippen LogP contribution in [0, 0.1) is 13.8 Å². The Hall–Kier alpha value is -3.01. The zero-order chi connectivity index (χ0) is 22.6. The van der Waals surface area contributed by atoms with Gasteiger partial charge in [-0.15, -0.1) is 10.2 Å². The Bertz CT molecular complexity index is 1080. The molecule has 0 spiro atoms. The van der Waals surface area contributed by atoms with Gasteiger partial charge in [-0.05, 0) is 43.2 Å². The van der Waals surface area contributed by atoms with E-state index in [-0.39, 0.29) is 18.0 Å². The Morgan fingerprint density at radius 2 is 1.90 bits per heavy atom. The number of hydrogen-bond donors (Lipinski definition) is 1. The van der Waals surface area contributed by atoms with Crippen molar-refractivity contribution in [3.05, 3.63) is 65.0 Å². The summed E-state index contributed by atoms with van der Waals surface area (Å²) in [5, 5.41) is 10.9. The minimum absolute atomic E-state index is 0.115. The second kappa shape index (κ2) is 9.42. The molecule has 1 N–H and O–H groups in total. The van der Waals surface area contributed by atoms with Crippen LogP contribution in [-0.4, -0.2) is 26.4 Å². The number of rotatable bonds is 7. The van der Waals surface area contributed by atoms with E-state index in [1.807, 2.05) is 32.0 Å². The number of amides is 1. The highest BCUT2D eigenvalue weighted by Crippen LogP contribution is 2.34. The van der Waals surface area contributed by atoms with Gasteiger partial charge in [0.1, 0.15) is 12.4 Å². The van der Waals surface area contributed by atoms with E-state index in [9.17, 15) is 18.0 Å². The number of alkyl halides is 3. The van der Waals surface area contributed by atoms with Gasteiger partial charge >= 0.3 is 6.18 Å². The zero-order valence-corrected chi connectivity index (χ0v) is 18.0. The van der Waals surface area contributed by atoms with E-state index in [1.165, 1.54) is 18.2 Å². The van der Waals surface area contributed by atoms with Crippen LogP contribution < -0.4 is 10.1 Å². The summed E-state index contributed by atoms with van der Waals surface area (Å²) in [6, 6.07) is 10.8. The van der Waals surface area contributed by atoms with Gasteiger partial charge < -0.3 is 14.6 Å². The van der Waals surface area contributed by atoms with Crippen molar-refractivity contribution < 1.29 is 22.7 Å². The van der Waals surface area contributed by atoms with E-state index >= 15 is 0 Å². The first-order chi connectivity index (χ1) is 14.6. The number of hydrogen-bond acceptors (Lipinski definition) is 5. The van der Waals surface area contributed by atoms with Crippen LogP contribution in [0.4, 0.5) is 18.9 Å². The molecule has 10 heteroatoms. The van der Waals surface area contributed by atoms with Gasteiger partial charge in [-0.25, -0.2) is 0 Å². The van der Waals surface area contributed by atoms with Crippen LogP contribution in [0.5, 0.6) is 5.75 Å². The topological polar surface area (TPSA) is 69.0 Å². The van der Waals surface area contributed by atoms with Gasteiger partial charge in [0.25, 0.3) is 0 Å². The molecule has 6 nitrogen and oxygen atoms in total. The lowest BCUT2D eigenvalue weighted by molar-refractivity contribution is -0.137. The van der Waals surface area contributed by atoms with Crippen LogP contribution in [0.1, 0.15) is 22.5 Å². The molecule has 0 aliphatic heterocycles. The van der Waals surface area contributed by atoms with Gasteiger partial charge in [0, 0.05) is 7.05 Å². The quantitative estimate of drug-likeness (QED) is 0.526. The van der Waals surface area contributed by atoms with Crippen molar-refractivity contribution in [2.75, 3.05) is 11.1 Å². The molecule has 3 aromatic rings. The summed E-state index contributed by atoms with van der Waals surface area (Å²) in [4.78, 5) is 12.2. The van der Waals surface area contributed by atoms with Crippen molar-refractivity contribution >= 4 is 23.4 Å². The van der Waals surface area contributed by atoms with E-state index in [4.69, 9.17) is 4.74 Å². The summed E-state index contributed by atoms with van der Waals surface area (Å²) in [7, 11) is 1.74. The monoisotopic (exact) mass is 450 g/mol. The lowest BCUT2D eigenvalue weighted by atomic mass is 10.1. The van der Waals surface area contributed by atoms with Gasteiger partial charge in [0.05, 0.1) is 17.0 Å². The first-order valence-corrected chi connectivity index (χ1v) is 10.3. The van der Waals surface area contributed by atoms with Gasteiger partial charge in [0.15, 0.2) is 11.0 Å². The molecule has 0 saturated heterocycles. The van der Waals surface area contributed by atoms with Crippen LogP contribution in [-0.2, 0) is 24.6 Å². The first-order valence-electron chi connectivity index (χ1n) is 9.32. The largest absolute Gasteiger partial charge is 0.485 e. The molecule has 1 heterocycles. The van der Waals surface area contributed by atoms with E-state index in [0.29, 0.717) is 11.0 Å². The van der Waals surface area contributed by atoms with Gasteiger partial charge in [0.2, 0.25) is 5.91 Å². The molecule has 0 unspecified atom stereocenters. The third-order valence-corrected chi connectivity index (χ3v) is 5.48. The Balaban J connectivity index is 1.59. The third-order valence-electron chi connectivity index (χ3n) is 4.46. The second-order valence-corrected chi connectivity index (χ2v) is 7.84. The van der Waals surface area contributed by atoms with Crippen LogP contribution in [0.2, 0.25) is 0 Å². The fourth-order valence-electron chi connectivity index (χ4n) is 2.76. The molecule has 0 atom stereocenters. The maximum absolute atomic E-state index is 13.1. The molecule has 0 saturated carbocycles. The highest BCUT2D eigenvalue weighted by molar-refractivity contribution is 7.99. The van der Waals surface area contributed by atoms with Crippen molar-refractivity contribution in [1.29, 1.82) is 0 Å². The number of carbonyl (C=O) groups excluding carboxylic acids is 1. The molecule has 2 aromatic carbocycles. The predicted molar refractivity (Wildman–Crippen MR) is 112 cm³/mol. The Morgan fingerprint density at radius 3 is 2.65 bits per heavy atom. The lowest BCUT2D eigenvalue weighted by Gasteiger charge is -2.13. The molecule has 1 aromatic heterocycles. The summed E-state index contributed by atoms with van der Waals surface area (Å²) < 4.78 is 46.7. The van der Waals surface area contributed by atoms with Gasteiger partial charge in [-0.1, -0.05) is 36.0 Å². The minimum atomic E-state index is -4.55. The van der Waals surface area contributed by atoms with Crippen molar-refractivity contribution in [2.24, 2.45) is 7.05 Å². The highest BCUT2D eigenvalue weighted by atomic mass is 32.2. The fraction of sp³-hybridized carbons (Fsp3) is 0.286. The summed E-state index contributed by atoms with van der Waals surface area (Å²) >= 11 is 1.08. The fourth-order valence-corrected chi connectivity index (χ4v) is 3.49. The summed E-state index contributed by atoms with van der Waals surface area (Å²) in [5.74, 6) is 0.625. The lowest BCUT2D eigenvalue weighted by Crippen LogP contribution is -2.18. The number of carbonyl (C=O) groups is 1. The third kappa shape index (κ3) is 5.78. The van der Waals surface area contributed by atoms with Crippen LogP contribution in [0.15, 0.2) is 47.6 Å². The van der Waals surface area contributed by atoms with E-state index in [2.05, 4.69) is 15.5 Å². The average molecular weight is 450 g/mol. The molecular formula is C21H21F3N4O2S. The van der Waals surface area contributed by atoms with E-state index in [1.54, 1.807) is 11.6 Å². The predicted octanol–water partition coefficient (Wildman–Crippen LogP) is 4.76. The average Bonchev–Trinajstić information content (AvgIpc) is 3.06. The smallest absolute Gasteiger partial charge is 0.418 e. The number of benzene rings is 2. The number of ether oxygens (including phenoxy) is 1. The Kier molecular flexibility index (Phi) is 6.89. The van der Waals surface area contributed by atoms with Crippen LogP contribution in [0.25, 0.3) is 0 Å². The number of nitrogens with zero attached hydrogens (tertiary/aromatic N) is 3. The number of aromatic nitrogens is 3. The number of aryl methyl sites for hydroxylation is 2. The number of halogens is 3. The molecular weight excluding hydrogens is 429 g/mol. The molecule has 0 bridgehead atoms. The molecule has 164 valence electrons. The number of anilines is 1. The van der Waals surface area contributed by atoms with Crippen LogP contribution in [0.3, 0.4) is 0 Å². The molecule has 0 radical (unpaired) electrons. The molecule has 0 fully saturated rings. The van der Waals surface area contributed by atoms with Crippen molar-refractivity contribution in [1.82, 2.24) is 14.8 Å². The molecule has 0 aliphatic carbocycles. The maximum atomic E-state index is 13.1. The Morgan fingerprint density at radius 1 is 1.16 bits per heavy atom. The molecule has 1 amide bonds. The maximum Gasteiger partial charge on any atom is 0.418 e.